The molecule has 0 radical (unpaired) electrons. The van der Waals surface area contributed by atoms with E-state index in [1.165, 1.54) is 18.4 Å². The number of methoxy groups -OCH3 is 1. The van der Waals surface area contributed by atoms with Crippen molar-refractivity contribution in [3.8, 4) is 5.75 Å². The largest absolute Gasteiger partial charge is 0.496 e. The van der Waals surface area contributed by atoms with Crippen molar-refractivity contribution in [3.05, 3.63) is 28.8 Å². The average Bonchev–Trinajstić information content (AvgIpc) is 2.31. The molecular weight excluding hydrogens is 222 g/mol. The third-order valence-corrected chi connectivity index (χ3v) is 3.00. The van der Waals surface area contributed by atoms with Crippen LogP contribution in [0, 0.1) is 0 Å². The lowest BCUT2D eigenvalue weighted by atomic mass is 10.0. The molecule has 16 heavy (non-hydrogen) atoms. The predicted octanol–water partition coefficient (Wildman–Crippen LogP) is 3.80. The highest BCUT2D eigenvalue weighted by atomic mass is 35.5. The zero-order valence-corrected chi connectivity index (χ0v) is 11.0. The van der Waals surface area contributed by atoms with Gasteiger partial charge in [0.25, 0.3) is 0 Å². The van der Waals surface area contributed by atoms with Gasteiger partial charge in [0.15, 0.2) is 0 Å². The van der Waals surface area contributed by atoms with Crippen LogP contribution in [0.25, 0.3) is 0 Å². The summed E-state index contributed by atoms with van der Waals surface area (Å²) in [5, 5.41) is 4.04. The Morgan fingerprint density at radius 1 is 1.44 bits per heavy atom. The normalized spacial score (nSPS) is 12.5. The molecule has 0 amide bonds. The molecular formula is C13H20ClNO. The van der Waals surface area contributed by atoms with E-state index in [1.807, 2.05) is 25.2 Å². The van der Waals surface area contributed by atoms with Gasteiger partial charge in [-0.2, -0.15) is 0 Å². The highest BCUT2D eigenvalue weighted by Crippen LogP contribution is 2.30. The van der Waals surface area contributed by atoms with Crippen molar-refractivity contribution in [1.29, 1.82) is 0 Å². The monoisotopic (exact) mass is 241 g/mol. The first kappa shape index (κ1) is 13.3. The molecule has 0 fully saturated rings. The van der Waals surface area contributed by atoms with Crippen molar-refractivity contribution < 1.29 is 4.74 Å². The van der Waals surface area contributed by atoms with Crippen LogP contribution in [0.15, 0.2) is 18.2 Å². The summed E-state index contributed by atoms with van der Waals surface area (Å²) in [5.41, 5.74) is 1.18. The third kappa shape index (κ3) is 3.39. The summed E-state index contributed by atoms with van der Waals surface area (Å²) in [6, 6.07) is 6.16. The summed E-state index contributed by atoms with van der Waals surface area (Å²) < 4.78 is 5.36. The summed E-state index contributed by atoms with van der Waals surface area (Å²) >= 11 is 5.95. The molecule has 0 aliphatic rings. The van der Waals surface area contributed by atoms with Crippen LogP contribution in [0.2, 0.25) is 5.02 Å². The number of unbranched alkanes of at least 4 members (excludes halogenated alkanes) is 1. The first-order chi connectivity index (χ1) is 7.72. The first-order valence-corrected chi connectivity index (χ1v) is 6.11. The molecule has 1 aromatic rings. The van der Waals surface area contributed by atoms with Gasteiger partial charge in [0, 0.05) is 16.6 Å². The number of nitrogens with one attached hydrogen (secondary N) is 1. The zero-order valence-electron chi connectivity index (χ0n) is 10.2. The van der Waals surface area contributed by atoms with Gasteiger partial charge in [-0.15, -0.1) is 0 Å². The molecule has 1 N–H and O–H groups in total. The Kier molecular flexibility index (Phi) is 5.64. The molecule has 0 heterocycles. The van der Waals surface area contributed by atoms with Gasteiger partial charge < -0.3 is 10.1 Å². The minimum absolute atomic E-state index is 0.340. The van der Waals surface area contributed by atoms with Crippen LogP contribution in [0.3, 0.4) is 0 Å². The quantitative estimate of drug-likeness (QED) is 0.818. The molecule has 1 unspecified atom stereocenters. The summed E-state index contributed by atoms with van der Waals surface area (Å²) in [7, 11) is 3.66. The number of hydrogen-bond donors (Lipinski definition) is 1. The van der Waals surface area contributed by atoms with Gasteiger partial charge in [0.2, 0.25) is 0 Å². The smallest absolute Gasteiger partial charge is 0.125 e. The second-order valence-electron chi connectivity index (χ2n) is 3.87. The van der Waals surface area contributed by atoms with Gasteiger partial charge in [-0.25, -0.2) is 0 Å². The van der Waals surface area contributed by atoms with Crippen LogP contribution in [-0.4, -0.2) is 14.2 Å². The molecule has 0 aliphatic carbocycles. The molecule has 0 aromatic heterocycles. The van der Waals surface area contributed by atoms with Crippen LogP contribution in [0.1, 0.15) is 37.8 Å². The highest BCUT2D eigenvalue weighted by Gasteiger charge is 2.13. The van der Waals surface area contributed by atoms with E-state index in [4.69, 9.17) is 16.3 Å². The second-order valence-corrected chi connectivity index (χ2v) is 4.31. The van der Waals surface area contributed by atoms with E-state index < -0.39 is 0 Å². The van der Waals surface area contributed by atoms with E-state index in [1.54, 1.807) is 7.11 Å². The van der Waals surface area contributed by atoms with Gasteiger partial charge in [0.1, 0.15) is 5.75 Å². The summed E-state index contributed by atoms with van der Waals surface area (Å²) in [5.74, 6) is 0.864. The Morgan fingerprint density at radius 3 is 2.75 bits per heavy atom. The van der Waals surface area contributed by atoms with E-state index >= 15 is 0 Å². The lowest BCUT2D eigenvalue weighted by molar-refractivity contribution is 0.397. The van der Waals surface area contributed by atoms with Gasteiger partial charge in [-0.05, 0) is 25.6 Å². The summed E-state index contributed by atoms with van der Waals surface area (Å²) in [6.45, 7) is 2.20. The maximum absolute atomic E-state index is 5.95. The van der Waals surface area contributed by atoms with Gasteiger partial charge in [0.05, 0.1) is 7.11 Å². The highest BCUT2D eigenvalue weighted by molar-refractivity contribution is 6.30. The van der Waals surface area contributed by atoms with E-state index in [9.17, 15) is 0 Å². The Bertz CT molecular complexity index is 328. The van der Waals surface area contributed by atoms with Crippen LogP contribution >= 0.6 is 11.6 Å². The maximum atomic E-state index is 5.95. The predicted molar refractivity (Wildman–Crippen MR) is 69.3 cm³/mol. The first-order valence-electron chi connectivity index (χ1n) is 5.73. The number of rotatable bonds is 6. The van der Waals surface area contributed by atoms with E-state index in [0.29, 0.717) is 11.1 Å². The van der Waals surface area contributed by atoms with E-state index in [0.717, 1.165) is 12.2 Å². The van der Waals surface area contributed by atoms with Crippen LogP contribution in [0.5, 0.6) is 5.75 Å². The van der Waals surface area contributed by atoms with Crippen molar-refractivity contribution in [1.82, 2.24) is 5.32 Å². The fourth-order valence-electron chi connectivity index (χ4n) is 1.84. The van der Waals surface area contributed by atoms with Gasteiger partial charge >= 0.3 is 0 Å². The average molecular weight is 242 g/mol. The SMILES string of the molecule is CCCCC(NC)c1ccc(Cl)cc1OC. The van der Waals surface area contributed by atoms with Crippen LogP contribution in [-0.2, 0) is 0 Å². The molecule has 90 valence electrons. The van der Waals surface area contributed by atoms with Gasteiger partial charge in [-0.3, -0.25) is 0 Å². The summed E-state index contributed by atoms with van der Waals surface area (Å²) in [4.78, 5) is 0. The topological polar surface area (TPSA) is 21.3 Å². The number of hydrogen-bond acceptors (Lipinski definition) is 2. The molecule has 1 aromatic carbocycles. The van der Waals surface area contributed by atoms with Crippen molar-refractivity contribution in [2.24, 2.45) is 0 Å². The van der Waals surface area contributed by atoms with E-state index in [2.05, 4.69) is 12.2 Å². The molecule has 0 aliphatic heterocycles. The fourth-order valence-corrected chi connectivity index (χ4v) is 2.00. The van der Waals surface area contributed by atoms with Crippen molar-refractivity contribution in [3.63, 3.8) is 0 Å². The molecule has 0 spiro atoms. The molecule has 0 saturated heterocycles. The second kappa shape index (κ2) is 6.77. The Hall–Kier alpha value is -0.730. The lowest BCUT2D eigenvalue weighted by Crippen LogP contribution is -2.17. The zero-order chi connectivity index (χ0) is 12.0. The summed E-state index contributed by atoms with van der Waals surface area (Å²) in [6.07, 6.45) is 3.52. The Morgan fingerprint density at radius 2 is 2.19 bits per heavy atom. The Labute approximate surface area is 103 Å². The van der Waals surface area contributed by atoms with Crippen molar-refractivity contribution >= 4 is 11.6 Å². The van der Waals surface area contributed by atoms with Crippen molar-refractivity contribution in [2.45, 2.75) is 32.2 Å². The third-order valence-electron chi connectivity index (χ3n) is 2.77. The number of benzene rings is 1. The molecule has 0 bridgehead atoms. The van der Waals surface area contributed by atoms with Crippen LogP contribution in [0.4, 0.5) is 0 Å². The van der Waals surface area contributed by atoms with E-state index in [-0.39, 0.29) is 0 Å². The lowest BCUT2D eigenvalue weighted by Gasteiger charge is -2.19. The minimum Gasteiger partial charge on any atom is -0.496 e. The minimum atomic E-state index is 0.340. The molecule has 1 atom stereocenters. The number of ether oxygens (including phenoxy) is 1. The maximum Gasteiger partial charge on any atom is 0.125 e. The fraction of sp³-hybridized carbons (Fsp3) is 0.538. The standard InChI is InChI=1S/C13H20ClNO/c1-4-5-6-12(15-2)11-8-7-10(14)9-13(11)16-3/h7-9,12,15H,4-6H2,1-3H3. The Balaban J connectivity index is 2.90. The van der Waals surface area contributed by atoms with Crippen LogP contribution < -0.4 is 10.1 Å². The van der Waals surface area contributed by atoms with Gasteiger partial charge in [-0.1, -0.05) is 37.4 Å². The number of halogens is 1. The molecule has 1 rings (SSSR count). The molecule has 0 saturated carbocycles. The van der Waals surface area contributed by atoms with Crippen molar-refractivity contribution in [2.75, 3.05) is 14.2 Å². The molecule has 3 heteroatoms. The molecule has 2 nitrogen and oxygen atoms in total.